The van der Waals surface area contributed by atoms with Gasteiger partial charge in [-0.2, -0.15) is 5.10 Å². The third kappa shape index (κ3) is 6.24. The first-order valence-electron chi connectivity index (χ1n) is 13.0. The fourth-order valence-electron chi connectivity index (χ4n) is 4.42. The average Bonchev–Trinajstić information content (AvgIpc) is 3.27. The van der Waals surface area contributed by atoms with E-state index in [-0.39, 0.29) is 5.82 Å². The van der Waals surface area contributed by atoms with E-state index in [0.717, 1.165) is 60.3 Å². The van der Waals surface area contributed by atoms with Crippen molar-refractivity contribution in [2.75, 3.05) is 11.9 Å². The highest BCUT2D eigenvalue weighted by Gasteiger charge is 2.19. The molecule has 1 N–H and O–H groups in total. The molecule has 4 aromatic rings. The summed E-state index contributed by atoms with van der Waals surface area (Å²) >= 11 is 0. The van der Waals surface area contributed by atoms with Crippen LogP contribution in [0.3, 0.4) is 0 Å². The van der Waals surface area contributed by atoms with Crippen molar-refractivity contribution >= 4 is 11.5 Å². The summed E-state index contributed by atoms with van der Waals surface area (Å²) in [6, 6.07) is 14.8. The van der Waals surface area contributed by atoms with Crippen molar-refractivity contribution in [1.29, 1.82) is 0 Å². The van der Waals surface area contributed by atoms with Crippen LogP contribution in [0.2, 0.25) is 0 Å². The maximum absolute atomic E-state index is 13.7. The Hall–Kier alpha value is -3.28. The number of nitrogens with zero attached hydrogens (tertiary/aromatic N) is 4. The van der Waals surface area contributed by atoms with Crippen LogP contribution in [0.15, 0.2) is 54.7 Å². The van der Waals surface area contributed by atoms with E-state index < -0.39 is 0 Å². The van der Waals surface area contributed by atoms with Crippen molar-refractivity contribution < 1.29 is 4.39 Å². The second-order valence-electron chi connectivity index (χ2n) is 9.11. The van der Waals surface area contributed by atoms with Gasteiger partial charge in [-0.3, -0.25) is 0 Å². The molecule has 0 saturated carbocycles. The molecule has 35 heavy (non-hydrogen) atoms. The minimum Gasteiger partial charge on any atom is -0.354 e. The molecule has 5 nitrogen and oxygen atoms in total. The molecule has 0 radical (unpaired) electrons. The maximum Gasteiger partial charge on any atom is 0.223 e. The third-order valence-electron chi connectivity index (χ3n) is 6.37. The highest BCUT2D eigenvalue weighted by Crippen LogP contribution is 2.35. The first-order chi connectivity index (χ1) is 17.2. The van der Waals surface area contributed by atoms with Gasteiger partial charge < -0.3 is 5.32 Å². The number of pyridine rings is 1. The van der Waals surface area contributed by atoms with Gasteiger partial charge in [-0.05, 0) is 61.7 Å². The lowest BCUT2D eigenvalue weighted by atomic mass is 10.0. The highest BCUT2D eigenvalue weighted by molar-refractivity contribution is 5.91. The molecule has 3 aromatic heterocycles. The molecule has 0 bridgehead atoms. The molecule has 0 fully saturated rings. The van der Waals surface area contributed by atoms with Crippen LogP contribution in [0, 0.1) is 5.82 Å². The number of halogens is 1. The molecule has 0 saturated heterocycles. The van der Waals surface area contributed by atoms with Crippen LogP contribution in [0.1, 0.15) is 70.9 Å². The number of aryl methyl sites for hydroxylation is 1. The molecule has 0 aliphatic carbocycles. The summed E-state index contributed by atoms with van der Waals surface area (Å²) in [5.74, 6) is 0.357. The van der Waals surface area contributed by atoms with Gasteiger partial charge in [0.1, 0.15) is 11.5 Å². The van der Waals surface area contributed by atoms with Crippen LogP contribution in [-0.4, -0.2) is 26.1 Å². The van der Waals surface area contributed by atoms with Crippen molar-refractivity contribution in [2.24, 2.45) is 0 Å². The van der Waals surface area contributed by atoms with Crippen LogP contribution >= 0.6 is 0 Å². The molecule has 4 rings (SSSR count). The molecule has 0 atom stereocenters. The number of fused-ring (bicyclic) bond motifs is 1. The minimum atomic E-state index is -0.257. The van der Waals surface area contributed by atoms with Gasteiger partial charge in [0.05, 0.1) is 16.8 Å². The predicted octanol–water partition coefficient (Wildman–Crippen LogP) is 7.71. The molecule has 0 aliphatic heterocycles. The number of rotatable bonds is 13. The van der Waals surface area contributed by atoms with E-state index in [2.05, 4.69) is 42.3 Å². The molecule has 0 amide bonds. The van der Waals surface area contributed by atoms with E-state index in [0.29, 0.717) is 5.95 Å². The van der Waals surface area contributed by atoms with E-state index in [1.807, 2.05) is 10.6 Å². The number of hydrogen-bond acceptors (Lipinski definition) is 4. The Balaban J connectivity index is 1.71. The average molecular weight is 474 g/mol. The Labute approximate surface area is 207 Å². The van der Waals surface area contributed by atoms with E-state index in [4.69, 9.17) is 10.1 Å². The highest BCUT2D eigenvalue weighted by atomic mass is 19.1. The number of hydrogen-bond donors (Lipinski definition) is 1. The fraction of sp³-hybridized carbons (Fsp3) is 0.414. The molecule has 184 valence electrons. The number of aromatic nitrogens is 4. The van der Waals surface area contributed by atoms with Crippen LogP contribution in [0.25, 0.3) is 28.0 Å². The molecular formula is C29H36FN5. The van der Waals surface area contributed by atoms with Crippen molar-refractivity contribution in [3.8, 4) is 22.5 Å². The summed E-state index contributed by atoms with van der Waals surface area (Å²) < 4.78 is 15.7. The van der Waals surface area contributed by atoms with Crippen LogP contribution in [0.5, 0.6) is 0 Å². The zero-order chi connectivity index (χ0) is 24.5. The first-order valence-corrected chi connectivity index (χ1v) is 13.0. The minimum absolute atomic E-state index is 0.257. The second kappa shape index (κ2) is 12.4. The van der Waals surface area contributed by atoms with Crippen molar-refractivity contribution in [1.82, 2.24) is 19.6 Å². The summed E-state index contributed by atoms with van der Waals surface area (Å²) in [6.45, 7) is 5.24. The summed E-state index contributed by atoms with van der Waals surface area (Å²) in [5.41, 5.74) is 5.62. The predicted molar refractivity (Wildman–Crippen MR) is 142 cm³/mol. The van der Waals surface area contributed by atoms with E-state index in [1.165, 1.54) is 49.9 Å². The Kier molecular flexibility index (Phi) is 8.82. The van der Waals surface area contributed by atoms with E-state index in [9.17, 15) is 4.39 Å². The lowest BCUT2D eigenvalue weighted by molar-refractivity contribution is 0.601. The molecule has 0 spiro atoms. The summed E-state index contributed by atoms with van der Waals surface area (Å²) in [4.78, 5) is 9.23. The molecule has 1 aromatic carbocycles. The number of unbranched alkanes of at least 4 members (excludes halogenated alkanes) is 6. The summed E-state index contributed by atoms with van der Waals surface area (Å²) in [7, 11) is 0. The fourth-order valence-corrected chi connectivity index (χ4v) is 4.42. The van der Waals surface area contributed by atoms with Crippen molar-refractivity contribution in [3.63, 3.8) is 0 Å². The molecular weight excluding hydrogens is 437 g/mol. The van der Waals surface area contributed by atoms with Gasteiger partial charge in [-0.25, -0.2) is 18.9 Å². The molecule has 3 heterocycles. The summed E-state index contributed by atoms with van der Waals surface area (Å²) in [5, 5.41) is 8.36. The zero-order valence-corrected chi connectivity index (χ0v) is 20.9. The first kappa shape index (κ1) is 24.8. The SMILES string of the molecule is CCCCCCCCc1cccc2c(-c3ccnc(NCCCC)n3)c(-c3ccc(F)cc3)nn12. The summed E-state index contributed by atoms with van der Waals surface area (Å²) in [6.07, 6.45) is 12.5. The monoisotopic (exact) mass is 473 g/mol. The largest absolute Gasteiger partial charge is 0.354 e. The third-order valence-corrected chi connectivity index (χ3v) is 6.37. The topological polar surface area (TPSA) is 55.1 Å². The van der Waals surface area contributed by atoms with E-state index >= 15 is 0 Å². The smallest absolute Gasteiger partial charge is 0.223 e. The molecule has 0 unspecified atom stereocenters. The van der Waals surface area contributed by atoms with Gasteiger partial charge in [0.2, 0.25) is 5.95 Å². The van der Waals surface area contributed by atoms with E-state index in [1.54, 1.807) is 18.3 Å². The van der Waals surface area contributed by atoms with Gasteiger partial charge in [0.15, 0.2) is 0 Å². The Morgan fingerprint density at radius 3 is 2.43 bits per heavy atom. The maximum atomic E-state index is 13.7. The number of anilines is 1. The quantitative estimate of drug-likeness (QED) is 0.202. The van der Waals surface area contributed by atoms with Gasteiger partial charge in [-0.15, -0.1) is 0 Å². The zero-order valence-electron chi connectivity index (χ0n) is 20.9. The van der Waals surface area contributed by atoms with Gasteiger partial charge in [-0.1, -0.05) is 58.4 Å². The Morgan fingerprint density at radius 2 is 1.63 bits per heavy atom. The van der Waals surface area contributed by atoms with Crippen molar-refractivity contribution in [2.45, 2.75) is 71.6 Å². The lowest BCUT2D eigenvalue weighted by Gasteiger charge is -2.08. The lowest BCUT2D eigenvalue weighted by Crippen LogP contribution is -2.05. The number of benzene rings is 1. The molecule has 6 heteroatoms. The normalized spacial score (nSPS) is 11.3. The Bertz CT molecular complexity index is 1220. The second-order valence-corrected chi connectivity index (χ2v) is 9.11. The van der Waals surface area contributed by atoms with Crippen LogP contribution in [-0.2, 0) is 6.42 Å². The van der Waals surface area contributed by atoms with Crippen molar-refractivity contribution in [3.05, 3.63) is 66.2 Å². The number of nitrogens with one attached hydrogen (secondary N) is 1. The van der Waals surface area contributed by atoms with Crippen LogP contribution in [0.4, 0.5) is 10.3 Å². The molecule has 0 aliphatic rings. The van der Waals surface area contributed by atoms with Crippen LogP contribution < -0.4 is 5.32 Å². The van der Waals surface area contributed by atoms with Gasteiger partial charge in [0.25, 0.3) is 0 Å². The standard InChI is InChI=1S/C29H36FN5/c1-3-5-7-8-9-10-12-24-13-11-14-26-27(25-19-21-32-29(33-25)31-20-6-4-2)28(34-35(24)26)22-15-17-23(30)18-16-22/h11,13-19,21H,3-10,12,20H2,1-2H3,(H,31,32,33). The Morgan fingerprint density at radius 1 is 0.857 bits per heavy atom. The van der Waals surface area contributed by atoms with Gasteiger partial charge in [0, 0.05) is 24.0 Å². The van der Waals surface area contributed by atoms with Gasteiger partial charge >= 0.3 is 0 Å².